The molecule has 64 valence electrons. The van der Waals surface area contributed by atoms with E-state index in [1.165, 1.54) is 7.11 Å². The second-order valence-corrected chi connectivity index (χ2v) is 2.62. The van der Waals surface area contributed by atoms with Crippen molar-refractivity contribution >= 4 is 5.97 Å². The van der Waals surface area contributed by atoms with E-state index in [9.17, 15) is 4.79 Å². The second kappa shape index (κ2) is 3.69. The monoisotopic (exact) mass is 159 g/mol. The smallest absolute Gasteiger partial charge is 0.336 e. The van der Waals surface area contributed by atoms with Gasteiger partial charge in [-0.2, -0.15) is 0 Å². The van der Waals surface area contributed by atoms with E-state index in [1.807, 2.05) is 6.92 Å². The molecule has 0 bridgehead atoms. The van der Waals surface area contributed by atoms with Crippen molar-refractivity contribution in [2.45, 2.75) is 19.1 Å². The molecular weight excluding hydrogens is 146 g/mol. The molecule has 0 saturated carbocycles. The predicted octanol–water partition coefficient (Wildman–Crippen LogP) is -0.464. The summed E-state index contributed by atoms with van der Waals surface area (Å²) in [5.74, 6) is -0.302. The molecule has 4 heteroatoms. The van der Waals surface area contributed by atoms with Crippen molar-refractivity contribution in [3.63, 3.8) is 0 Å². The predicted molar refractivity (Wildman–Crippen MR) is 39.2 cm³/mol. The van der Waals surface area contributed by atoms with Crippen molar-refractivity contribution in [3.8, 4) is 0 Å². The summed E-state index contributed by atoms with van der Waals surface area (Å²) in [6.07, 6.45) is -0.336. The maximum absolute atomic E-state index is 10.9. The Morgan fingerprint density at radius 2 is 2.36 bits per heavy atom. The molecule has 0 radical (unpaired) electrons. The maximum atomic E-state index is 10.9. The number of nitrogens with one attached hydrogen (secondary N) is 1. The Hall–Kier alpha value is -0.610. The summed E-state index contributed by atoms with van der Waals surface area (Å²) < 4.78 is 9.84. The van der Waals surface area contributed by atoms with Crippen LogP contribution in [-0.2, 0) is 14.3 Å². The number of methoxy groups -OCH3 is 1. The van der Waals surface area contributed by atoms with Crippen LogP contribution >= 0.6 is 0 Å². The molecule has 4 nitrogen and oxygen atoms in total. The van der Waals surface area contributed by atoms with Gasteiger partial charge in [0.25, 0.3) is 0 Å². The number of carbonyl (C=O) groups excluding carboxylic acids is 1. The van der Waals surface area contributed by atoms with Crippen LogP contribution < -0.4 is 5.32 Å². The molecule has 0 aromatic rings. The number of ether oxygens (including phenoxy) is 2. The van der Waals surface area contributed by atoms with Gasteiger partial charge < -0.3 is 14.8 Å². The molecule has 1 N–H and O–H groups in total. The van der Waals surface area contributed by atoms with Crippen molar-refractivity contribution in [1.82, 2.24) is 5.32 Å². The molecule has 0 amide bonds. The lowest BCUT2D eigenvalue weighted by molar-refractivity contribution is -0.159. The first kappa shape index (κ1) is 8.49. The third-order valence-corrected chi connectivity index (χ3v) is 1.62. The SMILES string of the molecule is COC(=O)[C@@H]1CNCC(C)O1. The minimum Gasteiger partial charge on any atom is -0.467 e. The molecule has 1 rings (SSSR count). The molecule has 1 aliphatic rings. The van der Waals surface area contributed by atoms with Crippen LogP contribution in [0.1, 0.15) is 6.92 Å². The van der Waals surface area contributed by atoms with E-state index >= 15 is 0 Å². The minimum absolute atomic E-state index is 0.0906. The van der Waals surface area contributed by atoms with E-state index in [2.05, 4.69) is 10.1 Å². The Labute approximate surface area is 65.9 Å². The third kappa shape index (κ3) is 2.17. The molecule has 0 spiro atoms. The summed E-state index contributed by atoms with van der Waals surface area (Å²) in [5.41, 5.74) is 0. The quantitative estimate of drug-likeness (QED) is 0.526. The first-order valence-corrected chi connectivity index (χ1v) is 3.68. The van der Waals surface area contributed by atoms with Gasteiger partial charge in [0, 0.05) is 13.1 Å². The highest BCUT2D eigenvalue weighted by Crippen LogP contribution is 2.03. The summed E-state index contributed by atoms with van der Waals surface area (Å²) in [6.45, 7) is 3.27. The fourth-order valence-corrected chi connectivity index (χ4v) is 1.06. The van der Waals surface area contributed by atoms with Crippen LogP contribution in [0.5, 0.6) is 0 Å². The third-order valence-electron chi connectivity index (χ3n) is 1.62. The van der Waals surface area contributed by atoms with Crippen molar-refractivity contribution in [1.29, 1.82) is 0 Å². The molecule has 0 aromatic heterocycles. The number of hydrogen-bond donors (Lipinski definition) is 1. The fraction of sp³-hybridized carbons (Fsp3) is 0.857. The van der Waals surface area contributed by atoms with Crippen LogP contribution in [0.2, 0.25) is 0 Å². The van der Waals surface area contributed by atoms with Crippen molar-refractivity contribution < 1.29 is 14.3 Å². The van der Waals surface area contributed by atoms with Gasteiger partial charge in [-0.15, -0.1) is 0 Å². The van der Waals surface area contributed by atoms with Crippen LogP contribution in [0.25, 0.3) is 0 Å². The zero-order valence-electron chi connectivity index (χ0n) is 6.79. The van der Waals surface area contributed by atoms with E-state index in [0.29, 0.717) is 6.54 Å². The highest BCUT2D eigenvalue weighted by molar-refractivity contribution is 5.74. The molecule has 1 unspecified atom stereocenters. The van der Waals surface area contributed by atoms with Crippen molar-refractivity contribution in [2.75, 3.05) is 20.2 Å². The zero-order chi connectivity index (χ0) is 8.27. The number of hydrogen-bond acceptors (Lipinski definition) is 4. The molecule has 1 aliphatic heterocycles. The largest absolute Gasteiger partial charge is 0.467 e. The van der Waals surface area contributed by atoms with Gasteiger partial charge in [-0.3, -0.25) is 0 Å². The van der Waals surface area contributed by atoms with E-state index in [-0.39, 0.29) is 12.1 Å². The summed E-state index contributed by atoms with van der Waals surface area (Å²) in [4.78, 5) is 10.9. The van der Waals surface area contributed by atoms with Crippen LogP contribution in [0.3, 0.4) is 0 Å². The normalized spacial score (nSPS) is 31.5. The number of esters is 1. The molecule has 1 fully saturated rings. The van der Waals surface area contributed by atoms with Gasteiger partial charge in [0.1, 0.15) is 0 Å². The molecule has 0 aliphatic carbocycles. The Bertz CT molecular complexity index is 149. The van der Waals surface area contributed by atoms with Crippen LogP contribution in [0, 0.1) is 0 Å². The highest BCUT2D eigenvalue weighted by Gasteiger charge is 2.25. The second-order valence-electron chi connectivity index (χ2n) is 2.62. The van der Waals surface area contributed by atoms with E-state index in [0.717, 1.165) is 6.54 Å². The average molecular weight is 159 g/mol. The minimum atomic E-state index is -0.427. The Morgan fingerprint density at radius 3 is 2.91 bits per heavy atom. The lowest BCUT2D eigenvalue weighted by Gasteiger charge is -2.26. The summed E-state index contributed by atoms with van der Waals surface area (Å²) in [5, 5.41) is 3.07. The van der Waals surface area contributed by atoms with Crippen LogP contribution in [0.4, 0.5) is 0 Å². The molecule has 1 heterocycles. The van der Waals surface area contributed by atoms with Gasteiger partial charge >= 0.3 is 5.97 Å². The van der Waals surface area contributed by atoms with Crippen molar-refractivity contribution in [2.24, 2.45) is 0 Å². The molecular formula is C7H13NO3. The van der Waals surface area contributed by atoms with E-state index < -0.39 is 6.10 Å². The lowest BCUT2D eigenvalue weighted by Crippen LogP contribution is -2.47. The molecule has 1 saturated heterocycles. The van der Waals surface area contributed by atoms with Gasteiger partial charge in [-0.25, -0.2) is 4.79 Å². The van der Waals surface area contributed by atoms with Crippen LogP contribution in [-0.4, -0.2) is 38.4 Å². The zero-order valence-corrected chi connectivity index (χ0v) is 6.79. The summed E-state index contributed by atoms with van der Waals surface area (Å²) in [7, 11) is 1.37. The summed E-state index contributed by atoms with van der Waals surface area (Å²) in [6, 6.07) is 0. The molecule has 2 atom stereocenters. The molecule has 0 aromatic carbocycles. The van der Waals surface area contributed by atoms with Gasteiger partial charge in [-0.1, -0.05) is 0 Å². The van der Waals surface area contributed by atoms with Gasteiger partial charge in [-0.05, 0) is 6.92 Å². The topological polar surface area (TPSA) is 47.6 Å². The first-order chi connectivity index (χ1) is 5.24. The Morgan fingerprint density at radius 1 is 1.64 bits per heavy atom. The van der Waals surface area contributed by atoms with Gasteiger partial charge in [0.2, 0.25) is 0 Å². The van der Waals surface area contributed by atoms with E-state index in [4.69, 9.17) is 4.74 Å². The van der Waals surface area contributed by atoms with Crippen LogP contribution in [0.15, 0.2) is 0 Å². The first-order valence-electron chi connectivity index (χ1n) is 3.68. The number of rotatable bonds is 1. The number of morpholine rings is 1. The maximum Gasteiger partial charge on any atom is 0.336 e. The van der Waals surface area contributed by atoms with Gasteiger partial charge in [0.15, 0.2) is 6.10 Å². The lowest BCUT2D eigenvalue weighted by atomic mass is 10.2. The van der Waals surface area contributed by atoms with Gasteiger partial charge in [0.05, 0.1) is 13.2 Å². The average Bonchev–Trinajstić information content (AvgIpc) is 2.03. The Kier molecular flexibility index (Phi) is 2.84. The standard InChI is InChI=1S/C7H13NO3/c1-5-3-8-4-6(11-5)7(9)10-2/h5-6,8H,3-4H2,1-2H3/t5?,6-/m0/s1. The highest BCUT2D eigenvalue weighted by atomic mass is 16.6. The summed E-state index contributed by atoms with van der Waals surface area (Å²) >= 11 is 0. The number of carbonyl (C=O) groups is 1. The Balaban J connectivity index is 2.39. The molecule has 11 heavy (non-hydrogen) atoms. The van der Waals surface area contributed by atoms with Crippen molar-refractivity contribution in [3.05, 3.63) is 0 Å². The fourth-order valence-electron chi connectivity index (χ4n) is 1.06. The van der Waals surface area contributed by atoms with E-state index in [1.54, 1.807) is 0 Å².